The number of aliphatic hydroxyl groups excluding tert-OH is 1. The maximum atomic E-state index is 9.09. The highest BCUT2D eigenvalue weighted by Crippen LogP contribution is 2.18. The number of hydrogen-bond donors (Lipinski definition) is 2. The molecule has 5 nitrogen and oxygen atoms in total. The molecule has 1 aromatic heterocycles. The van der Waals surface area contributed by atoms with Crippen LogP contribution in [0.2, 0.25) is 0 Å². The molecule has 1 atom stereocenters. The molecule has 0 aliphatic carbocycles. The van der Waals surface area contributed by atoms with Gasteiger partial charge in [-0.2, -0.15) is 0 Å². The lowest BCUT2D eigenvalue weighted by molar-refractivity contribution is 0.244. The molecule has 0 fully saturated rings. The van der Waals surface area contributed by atoms with E-state index in [9.17, 15) is 0 Å². The summed E-state index contributed by atoms with van der Waals surface area (Å²) in [6, 6.07) is 8.20. The number of aromatic nitrogens is 2. The number of rotatable bonds is 8. The van der Waals surface area contributed by atoms with Crippen molar-refractivity contribution >= 4 is 0 Å². The van der Waals surface area contributed by atoms with Crippen LogP contribution in [-0.2, 0) is 6.54 Å². The first-order valence-corrected chi connectivity index (χ1v) is 7.56. The fourth-order valence-corrected chi connectivity index (χ4v) is 2.19. The molecule has 22 heavy (non-hydrogen) atoms. The number of nitrogens with zero attached hydrogens (tertiary/aromatic N) is 2. The number of nitrogens with one attached hydrogen (secondary N) is 1. The van der Waals surface area contributed by atoms with Gasteiger partial charge in [-0.05, 0) is 30.0 Å². The van der Waals surface area contributed by atoms with Crippen LogP contribution in [0.5, 0.6) is 11.6 Å². The van der Waals surface area contributed by atoms with Crippen LogP contribution in [0.3, 0.4) is 0 Å². The van der Waals surface area contributed by atoms with E-state index >= 15 is 0 Å². The van der Waals surface area contributed by atoms with E-state index in [0.29, 0.717) is 17.8 Å². The minimum absolute atomic E-state index is 0.209. The molecule has 0 saturated heterocycles. The SMILES string of the molecule is CC(C)C(CCO)NCc1ccc(Oc2cnccn2)cc1. The van der Waals surface area contributed by atoms with Crippen LogP contribution in [0.4, 0.5) is 0 Å². The Morgan fingerprint density at radius 3 is 2.55 bits per heavy atom. The molecular formula is C17H23N3O2. The molecule has 2 aromatic rings. The van der Waals surface area contributed by atoms with Crippen molar-refractivity contribution in [2.24, 2.45) is 5.92 Å². The first-order valence-electron chi connectivity index (χ1n) is 7.56. The van der Waals surface area contributed by atoms with Gasteiger partial charge in [0.05, 0.1) is 6.20 Å². The molecule has 1 heterocycles. The molecule has 0 spiro atoms. The molecule has 0 saturated carbocycles. The van der Waals surface area contributed by atoms with Gasteiger partial charge in [-0.1, -0.05) is 26.0 Å². The average Bonchev–Trinajstić information content (AvgIpc) is 2.53. The standard InChI is InChI=1S/C17H23N3O2/c1-13(2)16(7-10-21)20-11-14-3-5-15(6-4-14)22-17-12-18-8-9-19-17/h3-6,8-9,12-13,16,20-21H,7,10-11H2,1-2H3. The monoisotopic (exact) mass is 301 g/mol. The van der Waals surface area contributed by atoms with Crippen molar-refractivity contribution in [1.29, 1.82) is 0 Å². The van der Waals surface area contributed by atoms with Gasteiger partial charge in [-0.3, -0.25) is 4.98 Å². The quantitative estimate of drug-likeness (QED) is 0.785. The van der Waals surface area contributed by atoms with Crippen molar-refractivity contribution in [3.05, 3.63) is 48.4 Å². The van der Waals surface area contributed by atoms with Crippen molar-refractivity contribution < 1.29 is 9.84 Å². The predicted molar refractivity (Wildman–Crippen MR) is 85.7 cm³/mol. The second-order valence-electron chi connectivity index (χ2n) is 5.53. The first kappa shape index (κ1) is 16.4. The Balaban J connectivity index is 1.89. The molecule has 0 aliphatic heterocycles. The summed E-state index contributed by atoms with van der Waals surface area (Å²) in [6.07, 6.45) is 5.56. The molecule has 118 valence electrons. The van der Waals surface area contributed by atoms with E-state index in [-0.39, 0.29) is 6.61 Å². The van der Waals surface area contributed by atoms with Crippen LogP contribution < -0.4 is 10.1 Å². The molecule has 5 heteroatoms. The second kappa shape index (κ2) is 8.46. The molecule has 2 N–H and O–H groups in total. The highest BCUT2D eigenvalue weighted by atomic mass is 16.5. The van der Waals surface area contributed by atoms with Crippen LogP contribution in [-0.4, -0.2) is 27.7 Å². The fraction of sp³-hybridized carbons (Fsp3) is 0.412. The Kier molecular flexibility index (Phi) is 6.30. The zero-order valence-corrected chi connectivity index (χ0v) is 13.1. The van der Waals surface area contributed by atoms with Crippen molar-refractivity contribution in [1.82, 2.24) is 15.3 Å². The van der Waals surface area contributed by atoms with E-state index in [1.54, 1.807) is 18.6 Å². The number of benzene rings is 1. The Bertz CT molecular complexity index is 544. The zero-order chi connectivity index (χ0) is 15.8. The van der Waals surface area contributed by atoms with Crippen LogP contribution in [0.15, 0.2) is 42.9 Å². The average molecular weight is 301 g/mol. The van der Waals surface area contributed by atoms with Crippen molar-refractivity contribution in [3.63, 3.8) is 0 Å². The van der Waals surface area contributed by atoms with E-state index in [2.05, 4.69) is 29.1 Å². The van der Waals surface area contributed by atoms with Crippen LogP contribution in [0.25, 0.3) is 0 Å². The Morgan fingerprint density at radius 1 is 1.18 bits per heavy atom. The lowest BCUT2D eigenvalue weighted by Crippen LogP contribution is -2.34. The van der Waals surface area contributed by atoms with Gasteiger partial charge in [0, 0.05) is 31.6 Å². The molecule has 0 amide bonds. The van der Waals surface area contributed by atoms with Crippen molar-refractivity contribution in [2.45, 2.75) is 32.9 Å². The van der Waals surface area contributed by atoms with Gasteiger partial charge in [-0.15, -0.1) is 0 Å². The summed E-state index contributed by atoms with van der Waals surface area (Å²) in [5.74, 6) is 1.71. The van der Waals surface area contributed by atoms with E-state index in [4.69, 9.17) is 9.84 Å². The summed E-state index contributed by atoms with van der Waals surface area (Å²) in [6.45, 7) is 5.30. The topological polar surface area (TPSA) is 67.3 Å². The van der Waals surface area contributed by atoms with Gasteiger partial charge >= 0.3 is 0 Å². The second-order valence-corrected chi connectivity index (χ2v) is 5.53. The first-order chi connectivity index (χ1) is 10.7. The third kappa shape index (κ3) is 5.09. The molecule has 1 aromatic carbocycles. The predicted octanol–water partition coefficient (Wildman–Crippen LogP) is 2.77. The molecule has 0 radical (unpaired) electrons. The highest BCUT2D eigenvalue weighted by Gasteiger charge is 2.11. The molecular weight excluding hydrogens is 278 g/mol. The van der Waals surface area contributed by atoms with Gasteiger partial charge < -0.3 is 15.2 Å². The van der Waals surface area contributed by atoms with Gasteiger partial charge in [0.1, 0.15) is 5.75 Å². The summed E-state index contributed by atoms with van der Waals surface area (Å²) >= 11 is 0. The minimum Gasteiger partial charge on any atom is -0.438 e. The van der Waals surface area contributed by atoms with E-state index in [1.807, 2.05) is 24.3 Å². The Labute approximate surface area is 131 Å². The van der Waals surface area contributed by atoms with Gasteiger partial charge in [0.15, 0.2) is 0 Å². The van der Waals surface area contributed by atoms with Crippen LogP contribution >= 0.6 is 0 Å². The molecule has 0 aliphatic rings. The van der Waals surface area contributed by atoms with Gasteiger partial charge in [0.25, 0.3) is 0 Å². The lowest BCUT2D eigenvalue weighted by Gasteiger charge is -2.21. The number of hydrogen-bond acceptors (Lipinski definition) is 5. The Hall–Kier alpha value is -1.98. The van der Waals surface area contributed by atoms with Crippen LogP contribution in [0, 0.1) is 5.92 Å². The summed E-state index contributed by atoms with van der Waals surface area (Å²) in [4.78, 5) is 8.04. The molecule has 0 bridgehead atoms. The molecule has 1 unspecified atom stereocenters. The van der Waals surface area contributed by atoms with E-state index < -0.39 is 0 Å². The van der Waals surface area contributed by atoms with Crippen LogP contribution in [0.1, 0.15) is 25.8 Å². The Morgan fingerprint density at radius 2 is 1.95 bits per heavy atom. The maximum Gasteiger partial charge on any atom is 0.237 e. The summed E-state index contributed by atoms with van der Waals surface area (Å²) in [5.41, 5.74) is 1.18. The summed E-state index contributed by atoms with van der Waals surface area (Å²) in [7, 11) is 0. The smallest absolute Gasteiger partial charge is 0.237 e. The normalized spacial score (nSPS) is 12.4. The highest BCUT2D eigenvalue weighted by molar-refractivity contribution is 5.29. The third-order valence-electron chi connectivity index (χ3n) is 3.50. The minimum atomic E-state index is 0.209. The van der Waals surface area contributed by atoms with E-state index in [1.165, 1.54) is 5.56 Å². The fourth-order valence-electron chi connectivity index (χ4n) is 2.19. The zero-order valence-electron chi connectivity index (χ0n) is 13.1. The maximum absolute atomic E-state index is 9.09. The van der Waals surface area contributed by atoms with Crippen molar-refractivity contribution in [2.75, 3.05) is 6.61 Å². The lowest BCUT2D eigenvalue weighted by atomic mass is 10.0. The van der Waals surface area contributed by atoms with Gasteiger partial charge in [0.2, 0.25) is 5.88 Å². The number of ether oxygens (including phenoxy) is 1. The largest absolute Gasteiger partial charge is 0.438 e. The third-order valence-corrected chi connectivity index (χ3v) is 3.50. The van der Waals surface area contributed by atoms with Gasteiger partial charge in [-0.25, -0.2) is 4.98 Å². The van der Waals surface area contributed by atoms with Crippen molar-refractivity contribution in [3.8, 4) is 11.6 Å². The molecule has 2 rings (SSSR count). The summed E-state index contributed by atoms with van der Waals surface area (Å²) < 4.78 is 5.61. The summed E-state index contributed by atoms with van der Waals surface area (Å²) in [5, 5.41) is 12.6. The number of aliphatic hydroxyl groups is 1. The van der Waals surface area contributed by atoms with E-state index in [0.717, 1.165) is 18.7 Å².